The zero-order chi connectivity index (χ0) is 21.3. The van der Waals surface area contributed by atoms with Gasteiger partial charge in [0.2, 0.25) is 5.13 Å². The zero-order valence-corrected chi connectivity index (χ0v) is 17.7. The molecule has 2 aromatic heterocycles. The maximum atomic E-state index is 13.0. The van der Waals surface area contributed by atoms with Gasteiger partial charge in [-0.05, 0) is 25.0 Å². The summed E-state index contributed by atoms with van der Waals surface area (Å²) in [6.45, 7) is 5.94. The summed E-state index contributed by atoms with van der Waals surface area (Å²) in [5.41, 5.74) is 1.68. The van der Waals surface area contributed by atoms with Crippen molar-refractivity contribution < 1.29 is 9.21 Å². The van der Waals surface area contributed by atoms with Crippen LogP contribution in [-0.2, 0) is 6.42 Å². The summed E-state index contributed by atoms with van der Waals surface area (Å²) in [6.07, 6.45) is 0.802. The lowest BCUT2D eigenvalue weighted by atomic mass is 10.0. The summed E-state index contributed by atoms with van der Waals surface area (Å²) in [5, 5.41) is 12.6. The Morgan fingerprint density at radius 2 is 1.87 bits per heavy atom. The van der Waals surface area contributed by atoms with Crippen LogP contribution < -0.4 is 10.7 Å². The maximum Gasteiger partial charge on any atom is 0.261 e. The molecule has 6 nitrogen and oxygen atoms in total. The molecule has 0 spiro atoms. The van der Waals surface area contributed by atoms with Gasteiger partial charge in [-0.1, -0.05) is 61.6 Å². The largest absolute Gasteiger partial charge is 0.455 e. The molecule has 2 heterocycles. The molecule has 7 heteroatoms. The Hall–Kier alpha value is -3.32. The summed E-state index contributed by atoms with van der Waals surface area (Å²) in [6, 6.07) is 14.4. The number of aromatic nitrogens is 2. The molecule has 4 rings (SSSR count). The van der Waals surface area contributed by atoms with E-state index in [1.807, 2.05) is 30.3 Å². The Balaban J connectivity index is 1.75. The lowest BCUT2D eigenvalue weighted by molar-refractivity contribution is 0.102. The number of para-hydroxylation sites is 1. The molecule has 4 aromatic rings. The molecule has 0 bridgehead atoms. The minimum absolute atomic E-state index is 0.153. The number of fused-ring (bicyclic) bond motifs is 1. The van der Waals surface area contributed by atoms with Gasteiger partial charge >= 0.3 is 0 Å². The normalized spacial score (nSPS) is 11.2. The minimum Gasteiger partial charge on any atom is -0.455 e. The molecule has 0 fully saturated rings. The van der Waals surface area contributed by atoms with Crippen LogP contribution in [0.15, 0.2) is 57.7 Å². The van der Waals surface area contributed by atoms with E-state index in [0.717, 1.165) is 17.0 Å². The highest BCUT2D eigenvalue weighted by Crippen LogP contribution is 2.28. The van der Waals surface area contributed by atoms with Crippen molar-refractivity contribution in [2.24, 2.45) is 5.92 Å². The van der Waals surface area contributed by atoms with Gasteiger partial charge in [0.25, 0.3) is 5.91 Å². The van der Waals surface area contributed by atoms with Crippen molar-refractivity contribution in [1.29, 1.82) is 0 Å². The summed E-state index contributed by atoms with van der Waals surface area (Å²) >= 11 is 1.35. The summed E-state index contributed by atoms with van der Waals surface area (Å²) < 4.78 is 6.11. The summed E-state index contributed by atoms with van der Waals surface area (Å²) in [7, 11) is 0. The third-order valence-corrected chi connectivity index (χ3v) is 5.56. The third kappa shape index (κ3) is 3.89. The van der Waals surface area contributed by atoms with Crippen molar-refractivity contribution in [3.8, 4) is 11.3 Å². The van der Waals surface area contributed by atoms with Crippen molar-refractivity contribution in [2.75, 3.05) is 5.32 Å². The second-order valence-corrected chi connectivity index (χ2v) is 8.55. The van der Waals surface area contributed by atoms with E-state index in [-0.39, 0.29) is 22.5 Å². The van der Waals surface area contributed by atoms with E-state index in [1.54, 1.807) is 25.1 Å². The monoisotopic (exact) mass is 419 g/mol. The van der Waals surface area contributed by atoms with Gasteiger partial charge in [-0.3, -0.25) is 14.9 Å². The predicted octanol–water partition coefficient (Wildman–Crippen LogP) is 5.07. The molecule has 2 aromatic carbocycles. The van der Waals surface area contributed by atoms with Crippen molar-refractivity contribution in [3.05, 3.63) is 74.9 Å². The van der Waals surface area contributed by atoms with Gasteiger partial charge < -0.3 is 4.42 Å². The SMILES string of the molecule is Cc1c(-c2ccccc2)oc2c(C(=O)Nc3nnc(CC(C)C)s3)cccc2c1=O. The summed E-state index contributed by atoms with van der Waals surface area (Å²) in [4.78, 5) is 25.9. The molecule has 0 unspecified atom stereocenters. The Labute approximate surface area is 177 Å². The number of benzene rings is 2. The molecule has 0 radical (unpaired) electrons. The second kappa shape index (κ2) is 8.20. The highest BCUT2D eigenvalue weighted by molar-refractivity contribution is 7.15. The molecule has 0 aliphatic rings. The number of nitrogens with zero attached hydrogens (tertiary/aromatic N) is 2. The van der Waals surface area contributed by atoms with E-state index in [1.165, 1.54) is 11.3 Å². The number of anilines is 1. The first-order valence-corrected chi connectivity index (χ1v) is 10.5. The lowest BCUT2D eigenvalue weighted by Gasteiger charge is -2.10. The fourth-order valence-corrected chi connectivity index (χ4v) is 4.20. The molecular formula is C23H21N3O3S. The van der Waals surface area contributed by atoms with Crippen LogP contribution in [-0.4, -0.2) is 16.1 Å². The molecular weight excluding hydrogens is 398 g/mol. The van der Waals surface area contributed by atoms with E-state index < -0.39 is 0 Å². The van der Waals surface area contributed by atoms with E-state index in [0.29, 0.717) is 27.8 Å². The van der Waals surface area contributed by atoms with Crippen LogP contribution >= 0.6 is 11.3 Å². The van der Waals surface area contributed by atoms with Gasteiger partial charge in [0.15, 0.2) is 11.0 Å². The number of rotatable bonds is 5. The first-order chi connectivity index (χ1) is 14.4. The van der Waals surface area contributed by atoms with Gasteiger partial charge in [0, 0.05) is 17.5 Å². The second-order valence-electron chi connectivity index (χ2n) is 7.49. The number of hydrogen-bond donors (Lipinski definition) is 1. The Morgan fingerprint density at radius 1 is 1.10 bits per heavy atom. The molecule has 0 aliphatic carbocycles. The average molecular weight is 420 g/mol. The van der Waals surface area contributed by atoms with Crippen LogP contribution in [0.3, 0.4) is 0 Å². The van der Waals surface area contributed by atoms with Crippen LogP contribution in [0.1, 0.15) is 34.8 Å². The summed E-state index contributed by atoms with van der Waals surface area (Å²) in [5.74, 6) is 0.524. The number of amides is 1. The zero-order valence-electron chi connectivity index (χ0n) is 16.9. The standard InChI is InChI=1S/C23H21N3O3S/c1-13(2)12-18-25-26-23(30-18)24-22(28)17-11-7-10-16-19(27)14(3)20(29-21(16)17)15-8-5-4-6-9-15/h4-11,13H,12H2,1-3H3,(H,24,26,28). The van der Waals surface area contributed by atoms with Crippen LogP contribution in [0.2, 0.25) is 0 Å². The molecule has 0 saturated heterocycles. The van der Waals surface area contributed by atoms with E-state index in [4.69, 9.17) is 4.42 Å². The highest BCUT2D eigenvalue weighted by atomic mass is 32.1. The van der Waals surface area contributed by atoms with Crippen LogP contribution in [0, 0.1) is 12.8 Å². The van der Waals surface area contributed by atoms with Gasteiger partial charge in [-0.25, -0.2) is 0 Å². The predicted molar refractivity (Wildman–Crippen MR) is 119 cm³/mol. The average Bonchev–Trinajstić information content (AvgIpc) is 3.16. The van der Waals surface area contributed by atoms with Crippen LogP contribution in [0.25, 0.3) is 22.3 Å². The molecule has 0 atom stereocenters. The minimum atomic E-state index is -0.390. The molecule has 0 saturated carbocycles. The number of nitrogens with one attached hydrogen (secondary N) is 1. The molecule has 1 N–H and O–H groups in total. The van der Waals surface area contributed by atoms with Crippen molar-refractivity contribution in [2.45, 2.75) is 27.2 Å². The Morgan fingerprint density at radius 3 is 2.60 bits per heavy atom. The van der Waals surface area contributed by atoms with E-state index >= 15 is 0 Å². The van der Waals surface area contributed by atoms with Gasteiger partial charge in [0.05, 0.1) is 10.9 Å². The topological polar surface area (TPSA) is 85.1 Å². The molecule has 1 amide bonds. The molecule has 30 heavy (non-hydrogen) atoms. The Kier molecular flexibility index (Phi) is 5.46. The molecule has 0 aliphatic heterocycles. The third-order valence-electron chi connectivity index (χ3n) is 4.70. The van der Waals surface area contributed by atoms with Crippen molar-refractivity contribution in [3.63, 3.8) is 0 Å². The number of carbonyl (C=O) groups is 1. The van der Waals surface area contributed by atoms with Crippen LogP contribution in [0.5, 0.6) is 0 Å². The van der Waals surface area contributed by atoms with Gasteiger partial charge in [0.1, 0.15) is 10.8 Å². The smallest absolute Gasteiger partial charge is 0.261 e. The van der Waals surface area contributed by atoms with Crippen molar-refractivity contribution >= 4 is 33.3 Å². The van der Waals surface area contributed by atoms with Gasteiger partial charge in [-0.2, -0.15) is 0 Å². The van der Waals surface area contributed by atoms with Gasteiger partial charge in [-0.15, -0.1) is 10.2 Å². The first-order valence-electron chi connectivity index (χ1n) is 9.69. The highest BCUT2D eigenvalue weighted by Gasteiger charge is 2.19. The lowest BCUT2D eigenvalue weighted by Crippen LogP contribution is -2.14. The van der Waals surface area contributed by atoms with Crippen LogP contribution in [0.4, 0.5) is 5.13 Å². The quantitative estimate of drug-likeness (QED) is 0.488. The molecule has 152 valence electrons. The maximum absolute atomic E-state index is 13.0. The number of carbonyl (C=O) groups excluding carboxylic acids is 1. The number of hydrogen-bond acceptors (Lipinski definition) is 6. The fourth-order valence-electron chi connectivity index (χ4n) is 3.25. The Bertz CT molecular complexity index is 1280. The van der Waals surface area contributed by atoms with E-state index in [9.17, 15) is 9.59 Å². The first kappa shape index (κ1) is 20.0. The van der Waals surface area contributed by atoms with E-state index in [2.05, 4.69) is 29.4 Å². The fraction of sp³-hybridized carbons (Fsp3) is 0.217. The van der Waals surface area contributed by atoms with Crippen molar-refractivity contribution in [1.82, 2.24) is 10.2 Å².